The molecule has 1 aromatic heterocycles. The lowest BCUT2D eigenvalue weighted by Gasteiger charge is -2.25. The van der Waals surface area contributed by atoms with Crippen molar-refractivity contribution in [1.82, 2.24) is 0 Å². The molecule has 3 rings (SSSR count). The van der Waals surface area contributed by atoms with Crippen LogP contribution >= 0.6 is 0 Å². The Hall–Kier alpha value is -3.53. The number of ether oxygens (including phenoxy) is 2. The smallest absolute Gasteiger partial charge is 0.416 e. The number of carbonyl (C=O) groups is 1. The van der Waals surface area contributed by atoms with Gasteiger partial charge in [0.25, 0.3) is 0 Å². The Kier molecular flexibility index (Phi) is 5.45. The van der Waals surface area contributed by atoms with Gasteiger partial charge in [-0.15, -0.1) is 0 Å². The molecule has 1 heterocycles. The normalized spacial score (nSPS) is 13.6. The van der Waals surface area contributed by atoms with Crippen LogP contribution in [-0.2, 0) is 6.18 Å². The first-order valence-corrected chi connectivity index (χ1v) is 8.48. The Morgan fingerprint density at radius 2 is 1.83 bits per heavy atom. The standard InChI is InChI=1S/C20H15F3O7/c1-19(27,30-12-5-2-4-11(8-12)20(21,22)23)10-28-14-6-3-7-15-17(14)13(24)9-16(29-15)18(25)26/h2-9,27H,10H2,1H3,(H,25,26). The van der Waals surface area contributed by atoms with E-state index in [2.05, 4.69) is 0 Å². The summed E-state index contributed by atoms with van der Waals surface area (Å²) in [6, 6.07) is 8.94. The predicted octanol–water partition coefficient (Wildman–Crippen LogP) is 3.68. The SMILES string of the molecule is CC(O)(COc1cccc2oc(C(=O)O)cc(=O)c12)Oc1cccc(C(F)(F)F)c1. The molecule has 0 aliphatic carbocycles. The van der Waals surface area contributed by atoms with Crippen LogP contribution in [0.2, 0.25) is 0 Å². The highest BCUT2D eigenvalue weighted by Crippen LogP contribution is 2.32. The van der Waals surface area contributed by atoms with Gasteiger partial charge in [-0.3, -0.25) is 4.79 Å². The molecule has 0 spiro atoms. The van der Waals surface area contributed by atoms with Gasteiger partial charge in [-0.1, -0.05) is 12.1 Å². The number of alkyl halides is 3. The van der Waals surface area contributed by atoms with Crippen LogP contribution in [0.4, 0.5) is 13.2 Å². The monoisotopic (exact) mass is 424 g/mol. The number of benzene rings is 2. The summed E-state index contributed by atoms with van der Waals surface area (Å²) in [5.41, 5.74) is -1.67. The Bertz CT molecular complexity index is 1150. The van der Waals surface area contributed by atoms with Gasteiger partial charge in [-0.2, -0.15) is 13.2 Å². The zero-order valence-corrected chi connectivity index (χ0v) is 15.4. The molecule has 1 atom stereocenters. The van der Waals surface area contributed by atoms with Gasteiger partial charge >= 0.3 is 12.1 Å². The quantitative estimate of drug-likeness (QED) is 0.582. The van der Waals surface area contributed by atoms with E-state index < -0.39 is 41.3 Å². The van der Waals surface area contributed by atoms with Crippen molar-refractivity contribution in [1.29, 1.82) is 0 Å². The average Bonchev–Trinajstić information content (AvgIpc) is 2.65. The van der Waals surface area contributed by atoms with E-state index in [0.29, 0.717) is 0 Å². The molecular formula is C20H15F3O7. The highest BCUT2D eigenvalue weighted by molar-refractivity contribution is 5.89. The van der Waals surface area contributed by atoms with E-state index in [1.807, 2.05) is 0 Å². The van der Waals surface area contributed by atoms with Crippen molar-refractivity contribution in [3.63, 3.8) is 0 Å². The Labute approximate surface area is 166 Å². The number of fused-ring (bicyclic) bond motifs is 1. The van der Waals surface area contributed by atoms with E-state index in [-0.39, 0.29) is 22.5 Å². The minimum atomic E-state index is -4.58. The average molecular weight is 424 g/mol. The van der Waals surface area contributed by atoms with Crippen LogP contribution in [0.25, 0.3) is 11.0 Å². The molecule has 0 amide bonds. The van der Waals surface area contributed by atoms with Crippen LogP contribution in [-0.4, -0.2) is 28.6 Å². The first kappa shape index (κ1) is 21.2. The highest BCUT2D eigenvalue weighted by Gasteiger charge is 2.32. The number of aromatic carboxylic acids is 1. The van der Waals surface area contributed by atoms with Crippen molar-refractivity contribution < 1.29 is 42.1 Å². The van der Waals surface area contributed by atoms with E-state index in [0.717, 1.165) is 24.3 Å². The molecule has 10 heteroatoms. The van der Waals surface area contributed by atoms with Crippen molar-refractivity contribution in [2.45, 2.75) is 18.9 Å². The molecule has 0 saturated carbocycles. The summed E-state index contributed by atoms with van der Waals surface area (Å²) in [4.78, 5) is 23.3. The van der Waals surface area contributed by atoms with Crippen LogP contribution in [0.3, 0.4) is 0 Å². The lowest BCUT2D eigenvalue weighted by molar-refractivity contribution is -0.147. The molecule has 0 saturated heterocycles. The number of hydrogen-bond donors (Lipinski definition) is 2. The maximum Gasteiger partial charge on any atom is 0.416 e. The van der Waals surface area contributed by atoms with E-state index in [9.17, 15) is 27.9 Å². The van der Waals surface area contributed by atoms with Crippen molar-refractivity contribution in [3.05, 3.63) is 70.1 Å². The number of carboxylic acid groups (broad SMARTS) is 1. The number of carboxylic acids is 1. The second kappa shape index (κ2) is 7.71. The van der Waals surface area contributed by atoms with Gasteiger partial charge in [-0.05, 0) is 30.3 Å². The zero-order chi connectivity index (χ0) is 22.1. The van der Waals surface area contributed by atoms with Crippen LogP contribution < -0.4 is 14.9 Å². The van der Waals surface area contributed by atoms with Crippen LogP contribution in [0.1, 0.15) is 23.0 Å². The number of aliphatic hydroxyl groups is 1. The molecule has 3 aromatic rings. The highest BCUT2D eigenvalue weighted by atomic mass is 19.4. The molecule has 0 radical (unpaired) electrons. The van der Waals surface area contributed by atoms with Gasteiger partial charge < -0.3 is 24.1 Å². The van der Waals surface area contributed by atoms with Crippen molar-refractivity contribution in [2.75, 3.05) is 6.61 Å². The first-order valence-electron chi connectivity index (χ1n) is 8.48. The van der Waals surface area contributed by atoms with Crippen LogP contribution in [0, 0.1) is 0 Å². The molecule has 158 valence electrons. The fourth-order valence-corrected chi connectivity index (χ4v) is 2.63. The molecular weight excluding hydrogens is 409 g/mol. The van der Waals surface area contributed by atoms with Gasteiger partial charge in [0.2, 0.25) is 11.5 Å². The Morgan fingerprint density at radius 1 is 1.13 bits per heavy atom. The third kappa shape index (κ3) is 4.71. The number of rotatable bonds is 6. The Morgan fingerprint density at radius 3 is 2.50 bits per heavy atom. The summed E-state index contributed by atoms with van der Waals surface area (Å²) in [6.45, 7) is 0.617. The maximum absolute atomic E-state index is 12.8. The second-order valence-electron chi connectivity index (χ2n) is 6.50. The van der Waals surface area contributed by atoms with Crippen LogP contribution in [0.5, 0.6) is 11.5 Å². The van der Waals surface area contributed by atoms with Crippen molar-refractivity contribution in [3.8, 4) is 11.5 Å². The summed E-state index contributed by atoms with van der Waals surface area (Å²) in [5, 5.41) is 19.3. The van der Waals surface area contributed by atoms with E-state index in [1.165, 1.54) is 31.2 Å². The predicted molar refractivity (Wildman–Crippen MR) is 97.6 cm³/mol. The van der Waals surface area contributed by atoms with Crippen molar-refractivity contribution >= 4 is 16.9 Å². The molecule has 30 heavy (non-hydrogen) atoms. The summed E-state index contributed by atoms with van der Waals surface area (Å²) < 4.78 is 54.2. The fourth-order valence-electron chi connectivity index (χ4n) is 2.63. The van der Waals surface area contributed by atoms with Crippen molar-refractivity contribution in [2.24, 2.45) is 0 Å². The van der Waals surface area contributed by atoms with Gasteiger partial charge in [0, 0.05) is 13.0 Å². The first-order chi connectivity index (χ1) is 14.0. The topological polar surface area (TPSA) is 106 Å². The summed E-state index contributed by atoms with van der Waals surface area (Å²) in [7, 11) is 0. The molecule has 2 N–H and O–H groups in total. The molecule has 7 nitrogen and oxygen atoms in total. The summed E-state index contributed by atoms with van der Waals surface area (Å²) in [5.74, 6) is -4.27. The van der Waals surface area contributed by atoms with Gasteiger partial charge in [-0.25, -0.2) is 4.79 Å². The molecule has 1 unspecified atom stereocenters. The van der Waals surface area contributed by atoms with Gasteiger partial charge in [0.1, 0.15) is 22.5 Å². The van der Waals surface area contributed by atoms with E-state index in [4.69, 9.17) is 19.0 Å². The molecule has 0 bridgehead atoms. The largest absolute Gasteiger partial charge is 0.486 e. The second-order valence-corrected chi connectivity index (χ2v) is 6.50. The summed E-state index contributed by atoms with van der Waals surface area (Å²) >= 11 is 0. The molecule has 2 aromatic carbocycles. The fraction of sp³-hybridized carbons (Fsp3) is 0.200. The van der Waals surface area contributed by atoms with E-state index >= 15 is 0 Å². The van der Waals surface area contributed by atoms with Crippen LogP contribution in [0.15, 0.2) is 57.7 Å². The minimum absolute atomic E-state index is 0.0221. The Balaban J connectivity index is 1.82. The van der Waals surface area contributed by atoms with E-state index in [1.54, 1.807) is 0 Å². The minimum Gasteiger partial charge on any atom is -0.486 e. The number of hydrogen-bond acceptors (Lipinski definition) is 6. The molecule has 0 aliphatic rings. The molecule has 0 aliphatic heterocycles. The zero-order valence-electron chi connectivity index (χ0n) is 15.4. The van der Waals surface area contributed by atoms with Gasteiger partial charge in [0.05, 0.1) is 5.56 Å². The maximum atomic E-state index is 12.8. The number of halogens is 3. The van der Waals surface area contributed by atoms with Gasteiger partial charge in [0.15, 0.2) is 12.0 Å². The lowest BCUT2D eigenvalue weighted by atomic mass is 10.2. The molecule has 0 fully saturated rings. The third-order valence-corrected chi connectivity index (χ3v) is 3.92. The third-order valence-electron chi connectivity index (χ3n) is 3.92. The summed E-state index contributed by atoms with van der Waals surface area (Å²) in [6.07, 6.45) is -4.58. The lowest BCUT2D eigenvalue weighted by Crippen LogP contribution is -2.38.